The van der Waals surface area contributed by atoms with Crippen molar-refractivity contribution >= 4 is 27.1 Å². The van der Waals surface area contributed by atoms with Crippen LogP contribution in [-0.4, -0.2) is 31.5 Å². The molecule has 0 bridgehead atoms. The number of rotatable bonds is 10. The van der Waals surface area contributed by atoms with Crippen LogP contribution in [0.1, 0.15) is 56.7 Å². The molecule has 1 rings (SSSR count). The summed E-state index contributed by atoms with van der Waals surface area (Å²) in [5.74, 6) is 0.584. The van der Waals surface area contributed by atoms with E-state index in [4.69, 9.17) is 0 Å². The third-order valence-corrected chi connectivity index (χ3v) is 5.62. The van der Waals surface area contributed by atoms with Gasteiger partial charge in [-0.3, -0.25) is 0 Å². The molecule has 1 heterocycles. The lowest BCUT2D eigenvalue weighted by Crippen LogP contribution is -2.28. The Bertz CT molecular complexity index is 550. The zero-order valence-corrected chi connectivity index (χ0v) is 14.5. The van der Waals surface area contributed by atoms with Crippen LogP contribution in [0.25, 0.3) is 0 Å². The monoisotopic (exact) mass is 332 g/mol. The maximum Gasteiger partial charge on any atom is 0.211 e. The van der Waals surface area contributed by atoms with Gasteiger partial charge in [-0.1, -0.05) is 13.8 Å². The summed E-state index contributed by atoms with van der Waals surface area (Å²) in [4.78, 5) is 15.2. The van der Waals surface area contributed by atoms with Gasteiger partial charge in [0.25, 0.3) is 0 Å². The lowest BCUT2D eigenvalue weighted by atomic mass is 10.2. The summed E-state index contributed by atoms with van der Waals surface area (Å²) < 4.78 is 26.1. The van der Waals surface area contributed by atoms with E-state index in [1.165, 1.54) is 6.92 Å². The van der Waals surface area contributed by atoms with Gasteiger partial charge in [-0.15, -0.1) is 11.3 Å². The minimum absolute atomic E-state index is 0.0780. The molecule has 0 spiro atoms. The molecule has 0 aliphatic carbocycles. The van der Waals surface area contributed by atoms with Gasteiger partial charge in [0, 0.05) is 30.7 Å². The smallest absolute Gasteiger partial charge is 0.211 e. The maximum absolute atomic E-state index is 11.8. The number of carbonyl (C=O) groups is 1. The van der Waals surface area contributed by atoms with E-state index in [-0.39, 0.29) is 11.5 Å². The standard InChI is InChI=1S/C14H24N2O3S2/c1-11(2)14-16-13(10-20-14)7-8-15-21(18,19)9-5-4-6-12(3)17/h10-11,15H,4-9H2,1-3H3. The second-order valence-electron chi connectivity index (χ2n) is 5.45. The van der Waals surface area contributed by atoms with Gasteiger partial charge < -0.3 is 4.79 Å². The van der Waals surface area contributed by atoms with Crippen molar-refractivity contribution in [3.05, 3.63) is 16.1 Å². The van der Waals surface area contributed by atoms with E-state index < -0.39 is 10.0 Å². The van der Waals surface area contributed by atoms with Crippen molar-refractivity contribution in [1.29, 1.82) is 0 Å². The third kappa shape index (κ3) is 7.68. The molecule has 0 amide bonds. The van der Waals surface area contributed by atoms with Gasteiger partial charge >= 0.3 is 0 Å². The van der Waals surface area contributed by atoms with Crippen molar-refractivity contribution in [2.45, 2.75) is 52.4 Å². The van der Waals surface area contributed by atoms with Crippen LogP contribution in [0.5, 0.6) is 0 Å². The molecule has 1 aromatic rings. The minimum Gasteiger partial charge on any atom is -0.300 e. The van der Waals surface area contributed by atoms with E-state index in [1.54, 1.807) is 11.3 Å². The van der Waals surface area contributed by atoms with Gasteiger partial charge in [0.1, 0.15) is 5.78 Å². The number of thiazole rings is 1. The summed E-state index contributed by atoms with van der Waals surface area (Å²) in [6.07, 6.45) is 2.20. The number of carbonyl (C=O) groups excluding carboxylic acids is 1. The van der Waals surface area contributed by atoms with Crippen molar-refractivity contribution in [3.63, 3.8) is 0 Å². The zero-order valence-electron chi connectivity index (χ0n) is 12.9. The molecule has 0 fully saturated rings. The Labute approximate surface area is 131 Å². The van der Waals surface area contributed by atoms with Crippen molar-refractivity contribution in [2.24, 2.45) is 0 Å². The van der Waals surface area contributed by atoms with Crippen LogP contribution in [0.2, 0.25) is 0 Å². The highest BCUT2D eigenvalue weighted by Gasteiger charge is 2.11. The first-order valence-corrected chi connectivity index (χ1v) is 9.74. The second-order valence-corrected chi connectivity index (χ2v) is 8.27. The Morgan fingerprint density at radius 3 is 2.67 bits per heavy atom. The number of nitrogens with zero attached hydrogens (tertiary/aromatic N) is 1. The molecule has 21 heavy (non-hydrogen) atoms. The summed E-state index contributed by atoms with van der Waals surface area (Å²) in [5, 5.41) is 3.06. The predicted octanol–water partition coefficient (Wildman–Crippen LogP) is 2.49. The highest BCUT2D eigenvalue weighted by Crippen LogP contribution is 2.19. The van der Waals surface area contributed by atoms with Crippen LogP contribution in [0.15, 0.2) is 5.38 Å². The molecule has 0 unspecified atom stereocenters. The number of hydrogen-bond acceptors (Lipinski definition) is 5. The number of sulfonamides is 1. The van der Waals surface area contributed by atoms with Gasteiger partial charge in [-0.05, 0) is 19.8 Å². The summed E-state index contributed by atoms with van der Waals surface area (Å²) >= 11 is 1.61. The first-order valence-electron chi connectivity index (χ1n) is 7.21. The summed E-state index contributed by atoms with van der Waals surface area (Å²) in [5.41, 5.74) is 0.933. The SMILES string of the molecule is CC(=O)CCCCS(=O)(=O)NCCc1csc(C(C)C)n1. The highest BCUT2D eigenvalue weighted by molar-refractivity contribution is 7.89. The first kappa shape index (κ1) is 18.3. The summed E-state index contributed by atoms with van der Waals surface area (Å²) in [7, 11) is -3.24. The molecule has 0 saturated carbocycles. The molecule has 7 heteroatoms. The largest absolute Gasteiger partial charge is 0.300 e. The fourth-order valence-corrected chi connectivity index (χ4v) is 3.79. The van der Waals surface area contributed by atoms with Gasteiger partial charge in [0.15, 0.2) is 0 Å². The molecular formula is C14H24N2O3S2. The quantitative estimate of drug-likeness (QED) is 0.668. The van der Waals surface area contributed by atoms with Gasteiger partial charge in [-0.2, -0.15) is 0 Å². The fraction of sp³-hybridized carbons (Fsp3) is 0.714. The molecule has 1 N–H and O–H groups in total. The van der Waals surface area contributed by atoms with E-state index in [0.717, 1.165) is 10.7 Å². The molecule has 1 aromatic heterocycles. The maximum atomic E-state index is 11.8. The van der Waals surface area contributed by atoms with Crippen LogP contribution >= 0.6 is 11.3 Å². The molecule has 0 radical (unpaired) electrons. The fourth-order valence-electron chi connectivity index (χ4n) is 1.78. The zero-order chi connectivity index (χ0) is 15.9. The molecule has 5 nitrogen and oxygen atoms in total. The number of Topliss-reactive ketones (excluding diaryl/α,β-unsaturated/α-hetero) is 1. The number of ketones is 1. The van der Waals surface area contributed by atoms with E-state index in [9.17, 15) is 13.2 Å². The lowest BCUT2D eigenvalue weighted by Gasteiger charge is -2.05. The van der Waals surface area contributed by atoms with Crippen molar-refractivity contribution < 1.29 is 13.2 Å². The molecule has 0 aliphatic heterocycles. The van der Waals surface area contributed by atoms with Gasteiger partial charge in [-0.25, -0.2) is 18.1 Å². The normalized spacial score (nSPS) is 12.0. The minimum atomic E-state index is -3.24. The van der Waals surface area contributed by atoms with E-state index >= 15 is 0 Å². The molecule has 0 aliphatic rings. The van der Waals surface area contributed by atoms with E-state index in [1.807, 2.05) is 5.38 Å². The Balaban J connectivity index is 2.28. The molecule has 0 atom stereocenters. The average Bonchev–Trinajstić information content (AvgIpc) is 2.83. The Kier molecular flexibility index (Phi) is 7.48. The number of nitrogens with one attached hydrogen (secondary N) is 1. The number of aromatic nitrogens is 1. The Morgan fingerprint density at radius 1 is 1.38 bits per heavy atom. The Morgan fingerprint density at radius 2 is 2.10 bits per heavy atom. The van der Waals surface area contributed by atoms with Crippen LogP contribution in [0.3, 0.4) is 0 Å². The topological polar surface area (TPSA) is 76.1 Å². The Hall–Kier alpha value is -0.790. The third-order valence-electron chi connectivity index (χ3n) is 2.96. The van der Waals surface area contributed by atoms with E-state index in [0.29, 0.717) is 38.1 Å². The lowest BCUT2D eigenvalue weighted by molar-refractivity contribution is -0.117. The molecule has 0 aromatic carbocycles. The van der Waals surface area contributed by atoms with Crippen LogP contribution < -0.4 is 4.72 Å². The first-order chi connectivity index (χ1) is 9.80. The van der Waals surface area contributed by atoms with Crippen LogP contribution in [-0.2, 0) is 21.2 Å². The van der Waals surface area contributed by atoms with Gasteiger partial charge in [0.2, 0.25) is 10.0 Å². The van der Waals surface area contributed by atoms with Crippen LogP contribution in [0.4, 0.5) is 0 Å². The van der Waals surface area contributed by atoms with Crippen LogP contribution in [0, 0.1) is 0 Å². The van der Waals surface area contributed by atoms with Crippen molar-refractivity contribution in [1.82, 2.24) is 9.71 Å². The average molecular weight is 332 g/mol. The van der Waals surface area contributed by atoms with Gasteiger partial charge in [0.05, 0.1) is 16.5 Å². The number of hydrogen-bond donors (Lipinski definition) is 1. The summed E-state index contributed by atoms with van der Waals surface area (Å²) in [6, 6.07) is 0. The van der Waals surface area contributed by atoms with Crippen molar-refractivity contribution in [2.75, 3.05) is 12.3 Å². The second kappa shape index (κ2) is 8.60. The highest BCUT2D eigenvalue weighted by atomic mass is 32.2. The van der Waals surface area contributed by atoms with E-state index in [2.05, 4.69) is 23.6 Å². The summed E-state index contributed by atoms with van der Waals surface area (Å²) in [6.45, 7) is 6.07. The van der Waals surface area contributed by atoms with Crippen molar-refractivity contribution in [3.8, 4) is 0 Å². The molecule has 0 saturated heterocycles. The molecular weight excluding hydrogens is 308 g/mol. The molecule has 120 valence electrons. The predicted molar refractivity (Wildman–Crippen MR) is 86.2 cm³/mol. The number of unbranched alkanes of at least 4 members (excludes halogenated alkanes) is 1.